The summed E-state index contributed by atoms with van der Waals surface area (Å²) in [4.78, 5) is 0. The van der Waals surface area contributed by atoms with Crippen LogP contribution in [0.5, 0.6) is 0 Å². The molecule has 0 aliphatic heterocycles. The van der Waals surface area contributed by atoms with E-state index in [1.165, 1.54) is 0 Å². The van der Waals surface area contributed by atoms with E-state index in [1.54, 1.807) is 0 Å². The average molecular weight is 263 g/mol. The topological polar surface area (TPSA) is 0 Å². The zero-order valence-electron chi connectivity index (χ0n) is 4.52. The third-order valence-electron chi connectivity index (χ3n) is 0.556. The predicted octanol–water partition coefficient (Wildman–Crippen LogP) is -7.97. The molecule has 9 heavy (non-hydrogen) atoms. The number of hydrogen-bond donors (Lipinski definition) is 0. The Morgan fingerprint density at radius 3 is 0.667 bits per heavy atom. The molecule has 0 spiro atoms. The Morgan fingerprint density at radius 1 is 0.444 bits per heavy atom. The first-order valence-corrected chi connectivity index (χ1v) is 1.67. The van der Waals surface area contributed by atoms with Gasteiger partial charge >= 0.3 is 26.2 Å². The SMILES string of the molecule is [CH]1[CH][CH][CH][CH]1.[Cl-].[Cl-].[Cl-].[Zr+4]. The number of hydrogen-bond acceptors (Lipinski definition) is 0. The molecule has 5 radical (unpaired) electrons. The Labute approximate surface area is 94.9 Å². The van der Waals surface area contributed by atoms with Crippen LogP contribution >= 0.6 is 0 Å². The molecule has 0 aromatic rings. The molecule has 0 bridgehead atoms. The van der Waals surface area contributed by atoms with Crippen molar-refractivity contribution in [2.45, 2.75) is 0 Å². The van der Waals surface area contributed by atoms with Crippen LogP contribution in [0.1, 0.15) is 0 Å². The van der Waals surface area contributed by atoms with Gasteiger partial charge in [0.1, 0.15) is 0 Å². The van der Waals surface area contributed by atoms with Crippen molar-refractivity contribution in [1.82, 2.24) is 0 Å². The van der Waals surface area contributed by atoms with Crippen LogP contribution in [0.25, 0.3) is 0 Å². The van der Waals surface area contributed by atoms with E-state index in [0.29, 0.717) is 0 Å². The second-order valence-electron chi connectivity index (χ2n) is 0.962. The largest absolute Gasteiger partial charge is 4.00 e. The van der Waals surface area contributed by atoms with Gasteiger partial charge in [-0.25, -0.2) is 0 Å². The van der Waals surface area contributed by atoms with E-state index < -0.39 is 0 Å². The van der Waals surface area contributed by atoms with Crippen LogP contribution in [0.4, 0.5) is 0 Å². The molecule has 0 unspecified atom stereocenters. The first-order chi connectivity index (χ1) is 2.50. The van der Waals surface area contributed by atoms with Crippen molar-refractivity contribution in [2.24, 2.45) is 0 Å². The zero-order valence-corrected chi connectivity index (χ0v) is 9.25. The molecule has 49 valence electrons. The van der Waals surface area contributed by atoms with Gasteiger partial charge in [-0.15, -0.1) is 0 Å². The van der Waals surface area contributed by atoms with Crippen molar-refractivity contribution in [3.8, 4) is 0 Å². The molecule has 0 atom stereocenters. The maximum Gasteiger partial charge on any atom is 4.00 e. The van der Waals surface area contributed by atoms with Crippen LogP contribution in [0.15, 0.2) is 0 Å². The summed E-state index contributed by atoms with van der Waals surface area (Å²) in [5.41, 5.74) is 0. The summed E-state index contributed by atoms with van der Waals surface area (Å²) in [5, 5.41) is 0. The monoisotopic (exact) mass is 260 g/mol. The van der Waals surface area contributed by atoms with Crippen LogP contribution in [0.2, 0.25) is 0 Å². The van der Waals surface area contributed by atoms with E-state index in [9.17, 15) is 0 Å². The van der Waals surface area contributed by atoms with E-state index in [0.717, 1.165) is 0 Å². The molecule has 0 saturated heterocycles. The molecule has 4 heteroatoms. The minimum atomic E-state index is 0. The summed E-state index contributed by atoms with van der Waals surface area (Å²) in [5.74, 6) is 0. The quantitative estimate of drug-likeness (QED) is 0.407. The molecule has 1 fully saturated rings. The Balaban J connectivity index is -0.0000000312. The summed E-state index contributed by atoms with van der Waals surface area (Å²) in [6, 6.07) is 0. The molecule has 0 N–H and O–H groups in total. The maximum atomic E-state index is 2.00. The second-order valence-corrected chi connectivity index (χ2v) is 0.962. The van der Waals surface area contributed by atoms with Crippen LogP contribution in [0, 0.1) is 32.1 Å². The van der Waals surface area contributed by atoms with E-state index in [-0.39, 0.29) is 63.4 Å². The second kappa shape index (κ2) is 16.4. The molecule has 0 amide bonds. The van der Waals surface area contributed by atoms with Crippen LogP contribution < -0.4 is 37.2 Å². The minimum Gasteiger partial charge on any atom is -1.00 e. The van der Waals surface area contributed by atoms with Crippen molar-refractivity contribution in [3.05, 3.63) is 32.1 Å². The van der Waals surface area contributed by atoms with Crippen molar-refractivity contribution in [3.63, 3.8) is 0 Å². The molecule has 1 aliphatic carbocycles. The summed E-state index contributed by atoms with van der Waals surface area (Å²) in [6.07, 6.45) is 10.0. The number of halogens is 3. The fourth-order valence-electron chi connectivity index (χ4n) is 0.321. The fraction of sp³-hybridized carbons (Fsp3) is 0. The van der Waals surface area contributed by atoms with Gasteiger partial charge in [0.05, 0.1) is 0 Å². The Bertz CT molecular complexity index is 23.8. The summed E-state index contributed by atoms with van der Waals surface area (Å²) in [7, 11) is 0. The summed E-state index contributed by atoms with van der Waals surface area (Å²) < 4.78 is 0. The Morgan fingerprint density at radius 2 is 0.556 bits per heavy atom. The van der Waals surface area contributed by atoms with Gasteiger partial charge in [0.2, 0.25) is 0 Å². The third kappa shape index (κ3) is 12.9. The molecule has 1 saturated carbocycles. The van der Waals surface area contributed by atoms with Gasteiger partial charge in [-0.1, -0.05) is 0 Å². The molecule has 0 aromatic carbocycles. The van der Waals surface area contributed by atoms with Gasteiger partial charge in [0, 0.05) is 0 Å². The fourth-order valence-corrected chi connectivity index (χ4v) is 0.321. The summed E-state index contributed by atoms with van der Waals surface area (Å²) >= 11 is 0. The molecule has 0 nitrogen and oxygen atoms in total. The van der Waals surface area contributed by atoms with Crippen LogP contribution in [0.3, 0.4) is 0 Å². The first-order valence-electron chi connectivity index (χ1n) is 1.67. The maximum absolute atomic E-state index is 2.00. The minimum absolute atomic E-state index is 0. The Kier molecular flexibility index (Phi) is 40.8. The average Bonchev–Trinajstić information content (AvgIpc) is 1.76. The Hall–Kier alpha value is 1.75. The van der Waals surface area contributed by atoms with E-state index in [2.05, 4.69) is 0 Å². The van der Waals surface area contributed by atoms with Gasteiger partial charge in [-0.2, -0.15) is 0 Å². The molecular weight excluding hydrogens is 258 g/mol. The molecule has 1 rings (SSSR count). The van der Waals surface area contributed by atoms with E-state index in [4.69, 9.17) is 0 Å². The van der Waals surface area contributed by atoms with Crippen molar-refractivity contribution in [1.29, 1.82) is 0 Å². The van der Waals surface area contributed by atoms with Crippen molar-refractivity contribution >= 4 is 0 Å². The van der Waals surface area contributed by atoms with Crippen LogP contribution in [-0.4, -0.2) is 0 Å². The molecule has 0 aromatic heterocycles. The molecule has 1 aliphatic rings. The van der Waals surface area contributed by atoms with Crippen LogP contribution in [-0.2, 0) is 26.2 Å². The molecule has 0 heterocycles. The molecular formula is C5H5Cl3Zr+. The van der Waals surface area contributed by atoms with E-state index >= 15 is 0 Å². The first kappa shape index (κ1) is 22.4. The smallest absolute Gasteiger partial charge is 1.00 e. The van der Waals surface area contributed by atoms with Gasteiger partial charge in [0.15, 0.2) is 0 Å². The van der Waals surface area contributed by atoms with E-state index in [1.807, 2.05) is 32.1 Å². The van der Waals surface area contributed by atoms with Gasteiger partial charge in [0.25, 0.3) is 0 Å². The van der Waals surface area contributed by atoms with Crippen molar-refractivity contribution in [2.75, 3.05) is 0 Å². The van der Waals surface area contributed by atoms with Gasteiger partial charge in [-0.05, 0) is 32.1 Å². The summed E-state index contributed by atoms with van der Waals surface area (Å²) in [6.45, 7) is 0. The third-order valence-corrected chi connectivity index (χ3v) is 0.556. The number of rotatable bonds is 0. The predicted molar refractivity (Wildman–Crippen MR) is 21.5 cm³/mol. The normalized spacial score (nSPS) is 13.3. The standard InChI is InChI=1S/C5H5.3ClH.Zr/c1-2-4-5-3-1;;;;/h1-5H;3*1H;/q;;;;+4/p-3. The van der Waals surface area contributed by atoms with Gasteiger partial charge in [-0.3, -0.25) is 0 Å². The zero-order chi connectivity index (χ0) is 3.54. The van der Waals surface area contributed by atoms with Crippen molar-refractivity contribution < 1.29 is 63.4 Å². The van der Waals surface area contributed by atoms with Gasteiger partial charge < -0.3 is 37.2 Å².